The van der Waals surface area contributed by atoms with E-state index in [-0.39, 0.29) is 5.97 Å². The van der Waals surface area contributed by atoms with Crippen LogP contribution < -0.4 is 0 Å². The van der Waals surface area contributed by atoms with Crippen LogP contribution >= 0.6 is 0 Å². The van der Waals surface area contributed by atoms with Gasteiger partial charge in [-0.15, -0.1) is 0 Å². The molecule has 62 valence electrons. The molecular formula is C8H12O3. The van der Waals surface area contributed by atoms with Crippen LogP contribution in [0.3, 0.4) is 0 Å². The number of aldehydes is 1. The van der Waals surface area contributed by atoms with Gasteiger partial charge in [0.25, 0.3) is 0 Å². The Morgan fingerprint density at radius 3 is 2.73 bits per heavy atom. The van der Waals surface area contributed by atoms with Gasteiger partial charge >= 0.3 is 5.97 Å². The first-order valence-electron chi connectivity index (χ1n) is 3.58. The summed E-state index contributed by atoms with van der Waals surface area (Å²) < 4.78 is 4.61. The second kappa shape index (κ2) is 6.99. The third kappa shape index (κ3) is 6.77. The number of unbranched alkanes of at least 4 members (excludes halogenated alkanes) is 1. The molecular weight excluding hydrogens is 144 g/mol. The maximum Gasteiger partial charge on any atom is 0.330 e. The van der Waals surface area contributed by atoms with Gasteiger partial charge in [-0.3, -0.25) is 0 Å². The summed E-state index contributed by atoms with van der Waals surface area (Å²) in [6.07, 6.45) is 4.84. The summed E-state index contributed by atoms with van der Waals surface area (Å²) in [5.41, 5.74) is 0. The van der Waals surface area contributed by atoms with Crippen LogP contribution in [0.15, 0.2) is 12.2 Å². The summed E-state index contributed by atoms with van der Waals surface area (Å²) in [5, 5.41) is 0. The highest BCUT2D eigenvalue weighted by Crippen LogP contribution is 1.88. The second-order valence-corrected chi connectivity index (χ2v) is 1.90. The average molecular weight is 156 g/mol. The van der Waals surface area contributed by atoms with Gasteiger partial charge in [0.15, 0.2) is 0 Å². The molecule has 0 radical (unpaired) electrons. The Bertz CT molecular complexity index is 149. The molecule has 0 spiro atoms. The van der Waals surface area contributed by atoms with Gasteiger partial charge in [0.05, 0.1) is 6.61 Å². The van der Waals surface area contributed by atoms with E-state index in [1.807, 2.05) is 0 Å². The van der Waals surface area contributed by atoms with E-state index in [0.717, 1.165) is 6.29 Å². The zero-order chi connectivity index (χ0) is 8.53. The van der Waals surface area contributed by atoms with Crippen molar-refractivity contribution in [3.63, 3.8) is 0 Å². The average Bonchev–Trinajstić information content (AvgIpc) is 1.99. The number of esters is 1. The van der Waals surface area contributed by atoms with Crippen molar-refractivity contribution in [2.75, 3.05) is 6.61 Å². The number of hydrogen-bond donors (Lipinski definition) is 0. The molecule has 0 atom stereocenters. The van der Waals surface area contributed by atoms with Crippen LogP contribution in [0.25, 0.3) is 0 Å². The standard InChI is InChI=1S/C8H12O3/c1-2-11-8(10)6-4-3-5-7-9/h4,6-7H,2-3,5H2,1H3/b6-4+. The molecule has 0 aromatic rings. The van der Waals surface area contributed by atoms with E-state index < -0.39 is 0 Å². The molecule has 0 heterocycles. The summed E-state index contributed by atoms with van der Waals surface area (Å²) >= 11 is 0. The number of carbonyl (C=O) groups excluding carboxylic acids is 2. The molecule has 0 aromatic carbocycles. The normalized spacial score (nSPS) is 9.91. The third-order valence-corrected chi connectivity index (χ3v) is 0.992. The minimum atomic E-state index is -0.349. The molecule has 0 amide bonds. The third-order valence-electron chi connectivity index (χ3n) is 0.992. The second-order valence-electron chi connectivity index (χ2n) is 1.90. The summed E-state index contributed by atoms with van der Waals surface area (Å²) in [4.78, 5) is 20.4. The Hall–Kier alpha value is -1.12. The van der Waals surface area contributed by atoms with Crippen molar-refractivity contribution in [2.24, 2.45) is 0 Å². The van der Waals surface area contributed by atoms with Gasteiger partial charge in [0.1, 0.15) is 6.29 Å². The molecule has 0 aromatic heterocycles. The minimum absolute atomic E-state index is 0.349. The van der Waals surface area contributed by atoms with E-state index in [0.29, 0.717) is 19.4 Å². The molecule has 0 saturated heterocycles. The highest BCUT2D eigenvalue weighted by molar-refractivity contribution is 5.81. The molecule has 0 aliphatic carbocycles. The highest BCUT2D eigenvalue weighted by Gasteiger charge is 1.90. The molecule has 0 saturated carbocycles. The number of hydrogen-bond acceptors (Lipinski definition) is 3. The first-order chi connectivity index (χ1) is 5.31. The quantitative estimate of drug-likeness (QED) is 0.259. The van der Waals surface area contributed by atoms with Crippen molar-refractivity contribution in [2.45, 2.75) is 19.8 Å². The van der Waals surface area contributed by atoms with Gasteiger partial charge in [0, 0.05) is 12.5 Å². The van der Waals surface area contributed by atoms with Crippen LogP contribution in [0.1, 0.15) is 19.8 Å². The van der Waals surface area contributed by atoms with Gasteiger partial charge in [-0.2, -0.15) is 0 Å². The Morgan fingerprint density at radius 1 is 1.45 bits per heavy atom. The monoisotopic (exact) mass is 156 g/mol. The van der Waals surface area contributed by atoms with E-state index in [1.54, 1.807) is 13.0 Å². The van der Waals surface area contributed by atoms with Crippen LogP contribution in [0.5, 0.6) is 0 Å². The van der Waals surface area contributed by atoms with E-state index in [1.165, 1.54) is 6.08 Å². The molecule has 3 nitrogen and oxygen atoms in total. The Labute approximate surface area is 66.0 Å². The van der Waals surface area contributed by atoms with Crippen LogP contribution in [-0.4, -0.2) is 18.9 Å². The van der Waals surface area contributed by atoms with Crippen molar-refractivity contribution in [3.8, 4) is 0 Å². The van der Waals surface area contributed by atoms with Crippen molar-refractivity contribution >= 4 is 12.3 Å². The van der Waals surface area contributed by atoms with E-state index in [4.69, 9.17) is 0 Å². The summed E-state index contributed by atoms with van der Waals surface area (Å²) in [7, 11) is 0. The van der Waals surface area contributed by atoms with Crippen molar-refractivity contribution in [1.29, 1.82) is 0 Å². The van der Waals surface area contributed by atoms with Gasteiger partial charge < -0.3 is 9.53 Å². The first kappa shape index (κ1) is 9.88. The fourth-order valence-corrected chi connectivity index (χ4v) is 0.534. The van der Waals surface area contributed by atoms with E-state index in [2.05, 4.69) is 4.74 Å². The van der Waals surface area contributed by atoms with Crippen LogP contribution in [0, 0.1) is 0 Å². The van der Waals surface area contributed by atoms with Crippen molar-refractivity contribution in [3.05, 3.63) is 12.2 Å². The topological polar surface area (TPSA) is 43.4 Å². The lowest BCUT2D eigenvalue weighted by molar-refractivity contribution is -0.137. The van der Waals surface area contributed by atoms with Gasteiger partial charge in [0.2, 0.25) is 0 Å². The molecule has 11 heavy (non-hydrogen) atoms. The largest absolute Gasteiger partial charge is 0.463 e. The first-order valence-corrected chi connectivity index (χ1v) is 3.58. The summed E-state index contributed by atoms with van der Waals surface area (Å²) in [6, 6.07) is 0. The van der Waals surface area contributed by atoms with Crippen LogP contribution in [0.4, 0.5) is 0 Å². The molecule has 0 rings (SSSR count). The summed E-state index contributed by atoms with van der Waals surface area (Å²) in [6.45, 7) is 2.13. The molecule has 0 aliphatic heterocycles. The highest BCUT2D eigenvalue weighted by atomic mass is 16.5. The fraction of sp³-hybridized carbons (Fsp3) is 0.500. The SMILES string of the molecule is CCOC(=O)/C=C/CCC=O. The summed E-state index contributed by atoms with van der Waals surface area (Å²) in [5.74, 6) is -0.349. The van der Waals surface area contributed by atoms with Crippen LogP contribution in [-0.2, 0) is 14.3 Å². The zero-order valence-corrected chi connectivity index (χ0v) is 6.58. The Balaban J connectivity index is 3.39. The fourth-order valence-electron chi connectivity index (χ4n) is 0.534. The lowest BCUT2D eigenvalue weighted by Gasteiger charge is -1.93. The molecule has 0 bridgehead atoms. The number of rotatable bonds is 5. The molecule has 0 aliphatic rings. The number of carbonyl (C=O) groups is 2. The van der Waals surface area contributed by atoms with Crippen molar-refractivity contribution < 1.29 is 14.3 Å². The predicted molar refractivity (Wildman–Crippen MR) is 41.1 cm³/mol. The Kier molecular flexibility index (Phi) is 6.28. The van der Waals surface area contributed by atoms with Crippen molar-refractivity contribution in [1.82, 2.24) is 0 Å². The van der Waals surface area contributed by atoms with E-state index in [9.17, 15) is 9.59 Å². The van der Waals surface area contributed by atoms with Crippen LogP contribution in [0.2, 0.25) is 0 Å². The predicted octanol–water partition coefficient (Wildman–Crippen LogP) is 1.08. The zero-order valence-electron chi connectivity index (χ0n) is 6.58. The number of ether oxygens (including phenoxy) is 1. The molecule has 0 fully saturated rings. The lowest BCUT2D eigenvalue weighted by atomic mass is 10.3. The number of allylic oxidation sites excluding steroid dienone is 1. The maximum absolute atomic E-state index is 10.6. The molecule has 3 heteroatoms. The minimum Gasteiger partial charge on any atom is -0.463 e. The van der Waals surface area contributed by atoms with Gasteiger partial charge in [-0.05, 0) is 13.3 Å². The lowest BCUT2D eigenvalue weighted by Crippen LogP contribution is -1.98. The maximum atomic E-state index is 10.6. The molecule has 0 unspecified atom stereocenters. The molecule has 0 N–H and O–H groups in total. The van der Waals surface area contributed by atoms with Gasteiger partial charge in [-0.1, -0.05) is 6.08 Å². The smallest absolute Gasteiger partial charge is 0.330 e. The van der Waals surface area contributed by atoms with E-state index >= 15 is 0 Å². The Morgan fingerprint density at radius 2 is 2.18 bits per heavy atom. The van der Waals surface area contributed by atoms with Gasteiger partial charge in [-0.25, -0.2) is 4.79 Å².